The third-order valence-electron chi connectivity index (χ3n) is 5.16. The monoisotopic (exact) mass is 391 g/mol. The summed E-state index contributed by atoms with van der Waals surface area (Å²) in [5.41, 5.74) is 4.15. The number of benzene rings is 3. The van der Waals surface area contributed by atoms with Crippen LogP contribution >= 0.6 is 0 Å². The lowest BCUT2D eigenvalue weighted by atomic mass is 9.98. The van der Waals surface area contributed by atoms with E-state index >= 15 is 0 Å². The van der Waals surface area contributed by atoms with Crippen LogP contribution in [-0.2, 0) is 4.74 Å². The number of carboxylic acid groups (broad SMARTS) is 1. The summed E-state index contributed by atoms with van der Waals surface area (Å²) in [5, 5.41) is 9.30. The highest BCUT2D eigenvalue weighted by Gasteiger charge is 2.30. The number of ether oxygens (including phenoxy) is 1. The van der Waals surface area contributed by atoms with Crippen LogP contribution in [0.2, 0.25) is 0 Å². The van der Waals surface area contributed by atoms with Crippen molar-refractivity contribution in [1.29, 1.82) is 0 Å². The van der Waals surface area contributed by atoms with Gasteiger partial charge in [-0.15, -0.1) is 0 Å². The molecule has 6 heteroatoms. The molecule has 0 heterocycles. The van der Waals surface area contributed by atoms with Gasteiger partial charge in [-0.1, -0.05) is 48.5 Å². The topological polar surface area (TPSA) is 66.8 Å². The number of carboxylic acids is 1. The highest BCUT2D eigenvalue weighted by atomic mass is 19.1. The van der Waals surface area contributed by atoms with Gasteiger partial charge in [0.2, 0.25) is 0 Å². The largest absolute Gasteiger partial charge is 0.478 e. The van der Waals surface area contributed by atoms with Crippen LogP contribution in [0, 0.1) is 5.82 Å². The summed E-state index contributed by atoms with van der Waals surface area (Å²) in [4.78, 5) is 25.1. The number of anilines is 1. The predicted molar refractivity (Wildman–Crippen MR) is 107 cm³/mol. The fraction of sp³-hybridized carbons (Fsp3) is 0.130. The van der Waals surface area contributed by atoms with Crippen molar-refractivity contribution in [3.8, 4) is 11.1 Å². The van der Waals surface area contributed by atoms with Crippen molar-refractivity contribution in [2.75, 3.05) is 18.6 Å². The molecule has 0 atom stereocenters. The van der Waals surface area contributed by atoms with Gasteiger partial charge in [-0.3, -0.25) is 4.90 Å². The highest BCUT2D eigenvalue weighted by Crippen LogP contribution is 2.44. The van der Waals surface area contributed by atoms with Gasteiger partial charge in [0.05, 0.1) is 11.3 Å². The molecule has 0 saturated heterocycles. The molecule has 0 aliphatic heterocycles. The van der Waals surface area contributed by atoms with Crippen LogP contribution in [0.5, 0.6) is 0 Å². The number of halogens is 1. The molecule has 0 unspecified atom stereocenters. The molecule has 1 aliphatic rings. The molecular formula is C23H18FNO4. The zero-order chi connectivity index (χ0) is 20.5. The fourth-order valence-corrected chi connectivity index (χ4v) is 3.76. The number of carbonyl (C=O) groups excluding carboxylic acids is 1. The second-order valence-electron chi connectivity index (χ2n) is 6.83. The van der Waals surface area contributed by atoms with Crippen LogP contribution in [0.4, 0.5) is 14.9 Å². The molecule has 146 valence electrons. The molecule has 29 heavy (non-hydrogen) atoms. The Kier molecular flexibility index (Phi) is 4.76. The van der Waals surface area contributed by atoms with E-state index in [0.717, 1.165) is 39.3 Å². The molecule has 0 spiro atoms. The Balaban J connectivity index is 1.56. The summed E-state index contributed by atoms with van der Waals surface area (Å²) in [7, 11) is 1.40. The molecule has 1 N–H and O–H groups in total. The zero-order valence-electron chi connectivity index (χ0n) is 15.6. The van der Waals surface area contributed by atoms with E-state index in [2.05, 4.69) is 0 Å². The number of amides is 1. The van der Waals surface area contributed by atoms with Gasteiger partial charge >= 0.3 is 12.1 Å². The SMILES string of the molecule is CN(C(=O)OCC1c2ccccc2-c2ccccc21)c1ccc(F)cc1C(=O)O. The Bertz CT molecular complexity index is 1070. The molecule has 3 aromatic carbocycles. The van der Waals surface area contributed by atoms with Crippen molar-refractivity contribution in [3.05, 3.63) is 89.2 Å². The molecule has 1 amide bonds. The predicted octanol–water partition coefficient (Wildman–Crippen LogP) is 4.91. The van der Waals surface area contributed by atoms with Gasteiger partial charge in [0, 0.05) is 13.0 Å². The number of rotatable bonds is 4. The number of nitrogens with zero attached hydrogens (tertiary/aromatic N) is 1. The van der Waals surface area contributed by atoms with Crippen LogP contribution in [0.25, 0.3) is 11.1 Å². The van der Waals surface area contributed by atoms with Crippen molar-refractivity contribution < 1.29 is 23.8 Å². The van der Waals surface area contributed by atoms with Crippen molar-refractivity contribution in [3.63, 3.8) is 0 Å². The van der Waals surface area contributed by atoms with Crippen molar-refractivity contribution in [2.45, 2.75) is 5.92 Å². The summed E-state index contributed by atoms with van der Waals surface area (Å²) < 4.78 is 18.9. The Morgan fingerprint density at radius 2 is 1.59 bits per heavy atom. The second-order valence-corrected chi connectivity index (χ2v) is 6.83. The van der Waals surface area contributed by atoms with Gasteiger partial charge in [0.25, 0.3) is 0 Å². The van der Waals surface area contributed by atoms with Crippen LogP contribution in [0.3, 0.4) is 0 Å². The summed E-state index contributed by atoms with van der Waals surface area (Å²) >= 11 is 0. The van der Waals surface area contributed by atoms with Crippen molar-refractivity contribution in [2.24, 2.45) is 0 Å². The molecule has 1 aliphatic carbocycles. The maximum absolute atomic E-state index is 13.4. The molecule has 0 saturated carbocycles. The second kappa shape index (κ2) is 7.39. The fourth-order valence-electron chi connectivity index (χ4n) is 3.76. The lowest BCUT2D eigenvalue weighted by Crippen LogP contribution is -2.30. The van der Waals surface area contributed by atoms with E-state index < -0.39 is 17.9 Å². The molecule has 0 fully saturated rings. The molecule has 5 nitrogen and oxygen atoms in total. The average Bonchev–Trinajstić information content (AvgIpc) is 3.05. The van der Waals surface area contributed by atoms with E-state index in [1.807, 2.05) is 48.5 Å². The van der Waals surface area contributed by atoms with Gasteiger partial charge in [0.1, 0.15) is 12.4 Å². The molecule has 0 radical (unpaired) electrons. The number of carbonyl (C=O) groups is 2. The lowest BCUT2D eigenvalue weighted by molar-refractivity contribution is 0.0697. The summed E-state index contributed by atoms with van der Waals surface area (Å²) in [6, 6.07) is 19.2. The van der Waals surface area contributed by atoms with E-state index in [-0.39, 0.29) is 23.8 Å². The molecule has 3 aromatic rings. The van der Waals surface area contributed by atoms with Gasteiger partial charge in [-0.2, -0.15) is 0 Å². The maximum atomic E-state index is 13.4. The van der Waals surface area contributed by atoms with E-state index in [4.69, 9.17) is 4.74 Å². The maximum Gasteiger partial charge on any atom is 0.414 e. The smallest absolute Gasteiger partial charge is 0.414 e. The first-order chi connectivity index (χ1) is 14.0. The molecular weight excluding hydrogens is 373 g/mol. The quantitative estimate of drug-likeness (QED) is 0.686. The summed E-state index contributed by atoms with van der Waals surface area (Å²) in [5.74, 6) is -2.11. The van der Waals surface area contributed by atoms with Crippen molar-refractivity contribution >= 4 is 17.7 Å². The highest BCUT2D eigenvalue weighted by molar-refractivity contribution is 5.99. The van der Waals surface area contributed by atoms with Gasteiger partial charge in [0.15, 0.2) is 0 Å². The van der Waals surface area contributed by atoms with Crippen LogP contribution in [-0.4, -0.2) is 30.8 Å². The Morgan fingerprint density at radius 3 is 2.17 bits per heavy atom. The van der Waals surface area contributed by atoms with E-state index in [1.54, 1.807) is 0 Å². The summed E-state index contributed by atoms with van der Waals surface area (Å²) in [6.07, 6.45) is -0.707. The molecule has 4 rings (SSSR count). The van der Waals surface area contributed by atoms with Crippen LogP contribution in [0.1, 0.15) is 27.4 Å². The number of hydrogen-bond acceptors (Lipinski definition) is 3. The van der Waals surface area contributed by atoms with Gasteiger partial charge in [-0.25, -0.2) is 14.0 Å². The van der Waals surface area contributed by atoms with E-state index in [9.17, 15) is 19.1 Å². The lowest BCUT2D eigenvalue weighted by Gasteiger charge is -2.21. The first-order valence-corrected chi connectivity index (χ1v) is 9.09. The first kappa shape index (κ1) is 18.7. The number of fused-ring (bicyclic) bond motifs is 3. The minimum Gasteiger partial charge on any atom is -0.478 e. The summed E-state index contributed by atoms with van der Waals surface area (Å²) in [6.45, 7) is 0.112. The third-order valence-corrected chi connectivity index (χ3v) is 5.16. The zero-order valence-corrected chi connectivity index (χ0v) is 15.6. The number of aromatic carboxylic acids is 1. The Hall–Kier alpha value is -3.67. The third kappa shape index (κ3) is 3.33. The van der Waals surface area contributed by atoms with E-state index in [0.29, 0.717) is 0 Å². The van der Waals surface area contributed by atoms with Gasteiger partial charge < -0.3 is 9.84 Å². The normalized spacial score (nSPS) is 12.2. The average molecular weight is 391 g/mol. The molecule has 0 bridgehead atoms. The standard InChI is InChI=1S/C23H18FNO4/c1-25(21-11-10-14(24)12-19(21)22(26)27)23(28)29-13-20-17-8-4-2-6-15(17)16-7-3-5-9-18(16)20/h2-12,20H,13H2,1H3,(H,26,27). The molecule has 0 aromatic heterocycles. The van der Waals surface area contributed by atoms with E-state index in [1.165, 1.54) is 13.1 Å². The van der Waals surface area contributed by atoms with Crippen LogP contribution < -0.4 is 4.90 Å². The van der Waals surface area contributed by atoms with Crippen LogP contribution in [0.15, 0.2) is 66.7 Å². The van der Waals surface area contributed by atoms with Gasteiger partial charge in [-0.05, 0) is 40.5 Å². The minimum absolute atomic E-state index is 0.0659. The Morgan fingerprint density at radius 1 is 1.00 bits per heavy atom. The minimum atomic E-state index is -1.32. The number of hydrogen-bond donors (Lipinski definition) is 1. The first-order valence-electron chi connectivity index (χ1n) is 9.09. The van der Waals surface area contributed by atoms with Crippen molar-refractivity contribution in [1.82, 2.24) is 0 Å². The Labute approximate surface area is 167 Å².